The molecule has 1 fully saturated rings. The smallest absolute Gasteiger partial charge is 0.126 e. The van der Waals surface area contributed by atoms with Crippen molar-refractivity contribution in [1.29, 1.82) is 0 Å². The molecule has 0 saturated carbocycles. The Labute approximate surface area is 108 Å². The van der Waals surface area contributed by atoms with Gasteiger partial charge in [0.15, 0.2) is 0 Å². The molecular weight excluding hydrogens is 236 g/mol. The molecule has 0 N–H and O–H groups in total. The molecule has 2 rings (SSSR count). The van der Waals surface area contributed by atoms with Crippen molar-refractivity contribution in [2.24, 2.45) is 0 Å². The molecule has 0 amide bonds. The molecule has 1 aliphatic heterocycles. The number of likely N-dealkylation sites (tertiary alicyclic amines) is 1. The molecule has 1 aromatic heterocycles. The number of hydrogen-bond donors (Lipinski definition) is 0. The molecule has 1 atom stereocenters. The van der Waals surface area contributed by atoms with E-state index in [0.29, 0.717) is 11.9 Å². The van der Waals surface area contributed by atoms with E-state index < -0.39 is 0 Å². The van der Waals surface area contributed by atoms with Gasteiger partial charge >= 0.3 is 0 Å². The van der Waals surface area contributed by atoms with Crippen LogP contribution >= 0.6 is 11.6 Å². The minimum Gasteiger partial charge on any atom is -0.492 e. The molecule has 0 aliphatic carbocycles. The number of alkyl halides is 1. The van der Waals surface area contributed by atoms with Crippen LogP contribution in [0.15, 0.2) is 18.5 Å². The van der Waals surface area contributed by atoms with Gasteiger partial charge in [-0.05, 0) is 32.5 Å². The van der Waals surface area contributed by atoms with E-state index in [1.807, 2.05) is 6.07 Å². The SMILES string of the molecule is CN1CCCCC1COc1ccncc1CCl. The average molecular weight is 255 g/mol. The number of aromatic nitrogens is 1. The maximum Gasteiger partial charge on any atom is 0.126 e. The Morgan fingerprint density at radius 3 is 3.18 bits per heavy atom. The van der Waals surface area contributed by atoms with Gasteiger partial charge in [-0.15, -0.1) is 11.6 Å². The minimum absolute atomic E-state index is 0.448. The Kier molecular flexibility index (Phi) is 4.63. The number of halogens is 1. The zero-order chi connectivity index (χ0) is 12.1. The quantitative estimate of drug-likeness (QED) is 0.773. The summed E-state index contributed by atoms with van der Waals surface area (Å²) in [5, 5.41) is 0. The van der Waals surface area contributed by atoms with Crippen molar-refractivity contribution < 1.29 is 4.74 Å². The van der Waals surface area contributed by atoms with Gasteiger partial charge in [-0.3, -0.25) is 4.98 Å². The maximum absolute atomic E-state index is 5.87. The fourth-order valence-corrected chi connectivity index (χ4v) is 2.40. The molecule has 3 nitrogen and oxygen atoms in total. The van der Waals surface area contributed by atoms with Crippen molar-refractivity contribution in [1.82, 2.24) is 9.88 Å². The number of pyridine rings is 1. The summed E-state index contributed by atoms with van der Waals surface area (Å²) in [6.45, 7) is 1.91. The Hall–Kier alpha value is -0.800. The molecule has 2 heterocycles. The fourth-order valence-electron chi connectivity index (χ4n) is 2.20. The van der Waals surface area contributed by atoms with Gasteiger partial charge < -0.3 is 9.64 Å². The van der Waals surface area contributed by atoms with Crippen LogP contribution in [0.3, 0.4) is 0 Å². The number of likely N-dealkylation sites (N-methyl/N-ethyl adjacent to an activating group) is 1. The lowest BCUT2D eigenvalue weighted by molar-refractivity contribution is 0.124. The molecule has 1 saturated heterocycles. The molecule has 94 valence electrons. The zero-order valence-corrected chi connectivity index (χ0v) is 11.0. The van der Waals surface area contributed by atoms with E-state index in [4.69, 9.17) is 16.3 Å². The lowest BCUT2D eigenvalue weighted by Gasteiger charge is -2.32. The molecule has 17 heavy (non-hydrogen) atoms. The van der Waals surface area contributed by atoms with Gasteiger partial charge in [-0.25, -0.2) is 0 Å². The number of nitrogens with zero attached hydrogens (tertiary/aromatic N) is 2. The Morgan fingerprint density at radius 2 is 2.41 bits per heavy atom. The van der Waals surface area contributed by atoms with Crippen molar-refractivity contribution in [2.75, 3.05) is 20.2 Å². The normalized spacial score (nSPS) is 21.4. The van der Waals surface area contributed by atoms with Gasteiger partial charge in [0, 0.05) is 24.0 Å². The van der Waals surface area contributed by atoms with Crippen molar-refractivity contribution in [3.05, 3.63) is 24.0 Å². The summed E-state index contributed by atoms with van der Waals surface area (Å²) in [6, 6.07) is 2.42. The molecule has 1 unspecified atom stereocenters. The largest absolute Gasteiger partial charge is 0.492 e. The van der Waals surface area contributed by atoms with Gasteiger partial charge in [-0.1, -0.05) is 6.42 Å². The van der Waals surface area contributed by atoms with Crippen LogP contribution in [0.1, 0.15) is 24.8 Å². The second kappa shape index (κ2) is 6.22. The summed E-state index contributed by atoms with van der Waals surface area (Å²) in [5.41, 5.74) is 0.965. The summed E-state index contributed by atoms with van der Waals surface area (Å²) in [6.07, 6.45) is 7.34. The highest BCUT2D eigenvalue weighted by molar-refractivity contribution is 6.17. The monoisotopic (exact) mass is 254 g/mol. The third kappa shape index (κ3) is 3.33. The highest BCUT2D eigenvalue weighted by atomic mass is 35.5. The van der Waals surface area contributed by atoms with Crippen LogP contribution in [0.5, 0.6) is 5.75 Å². The molecule has 0 radical (unpaired) electrons. The van der Waals surface area contributed by atoms with Gasteiger partial charge in [-0.2, -0.15) is 0 Å². The number of piperidine rings is 1. The molecule has 0 bridgehead atoms. The van der Waals surface area contributed by atoms with Gasteiger partial charge in [0.2, 0.25) is 0 Å². The standard InChI is InChI=1S/C13H19ClN2O/c1-16-7-3-2-4-12(16)10-17-13-5-6-15-9-11(13)8-14/h5-6,9,12H,2-4,7-8,10H2,1H3. The van der Waals surface area contributed by atoms with Crippen molar-refractivity contribution in [3.63, 3.8) is 0 Å². The van der Waals surface area contributed by atoms with Crippen LogP contribution < -0.4 is 4.74 Å². The topological polar surface area (TPSA) is 25.4 Å². The van der Waals surface area contributed by atoms with Crippen molar-refractivity contribution >= 4 is 11.6 Å². The van der Waals surface area contributed by atoms with E-state index >= 15 is 0 Å². The second-order valence-electron chi connectivity index (χ2n) is 4.56. The molecule has 0 spiro atoms. The van der Waals surface area contributed by atoms with Crippen LogP contribution in [-0.2, 0) is 5.88 Å². The predicted molar refractivity (Wildman–Crippen MR) is 69.6 cm³/mol. The van der Waals surface area contributed by atoms with E-state index in [-0.39, 0.29) is 0 Å². The average Bonchev–Trinajstić information content (AvgIpc) is 2.38. The van der Waals surface area contributed by atoms with Crippen LogP contribution in [0.4, 0.5) is 0 Å². The first kappa shape index (κ1) is 12.7. The van der Waals surface area contributed by atoms with Crippen LogP contribution in [0.25, 0.3) is 0 Å². The Bertz CT molecular complexity index is 359. The van der Waals surface area contributed by atoms with Crippen molar-refractivity contribution in [2.45, 2.75) is 31.2 Å². The van der Waals surface area contributed by atoms with E-state index in [9.17, 15) is 0 Å². The second-order valence-corrected chi connectivity index (χ2v) is 4.83. The molecular formula is C13H19ClN2O. The Morgan fingerprint density at radius 1 is 1.53 bits per heavy atom. The zero-order valence-electron chi connectivity index (χ0n) is 10.2. The van der Waals surface area contributed by atoms with Crippen LogP contribution in [-0.4, -0.2) is 36.1 Å². The van der Waals surface area contributed by atoms with Crippen LogP contribution in [0.2, 0.25) is 0 Å². The van der Waals surface area contributed by atoms with Gasteiger partial charge in [0.25, 0.3) is 0 Å². The first-order chi connectivity index (χ1) is 8.31. The molecule has 0 aromatic carbocycles. The highest BCUT2D eigenvalue weighted by Gasteiger charge is 2.19. The molecule has 1 aromatic rings. The molecule has 4 heteroatoms. The first-order valence-corrected chi connectivity index (χ1v) is 6.66. The summed E-state index contributed by atoms with van der Waals surface area (Å²) in [5.74, 6) is 1.32. The van der Waals surface area contributed by atoms with Gasteiger partial charge in [0.1, 0.15) is 12.4 Å². The Balaban J connectivity index is 1.92. The molecule has 1 aliphatic rings. The first-order valence-electron chi connectivity index (χ1n) is 6.13. The number of rotatable bonds is 4. The summed E-state index contributed by atoms with van der Waals surface area (Å²) >= 11 is 5.85. The van der Waals surface area contributed by atoms with Crippen LogP contribution in [0, 0.1) is 0 Å². The third-order valence-electron chi connectivity index (χ3n) is 3.36. The predicted octanol–water partition coefficient (Wildman–Crippen LogP) is 2.68. The number of ether oxygens (including phenoxy) is 1. The maximum atomic E-state index is 5.87. The van der Waals surface area contributed by atoms with E-state index in [2.05, 4.69) is 16.9 Å². The lowest BCUT2D eigenvalue weighted by atomic mass is 10.0. The lowest BCUT2D eigenvalue weighted by Crippen LogP contribution is -2.40. The minimum atomic E-state index is 0.448. The van der Waals surface area contributed by atoms with Crippen molar-refractivity contribution in [3.8, 4) is 5.75 Å². The summed E-state index contributed by atoms with van der Waals surface area (Å²) in [4.78, 5) is 6.43. The van der Waals surface area contributed by atoms with E-state index in [1.165, 1.54) is 25.8 Å². The van der Waals surface area contributed by atoms with Gasteiger partial charge in [0.05, 0.1) is 5.88 Å². The van der Waals surface area contributed by atoms with E-state index in [0.717, 1.165) is 17.9 Å². The number of hydrogen-bond acceptors (Lipinski definition) is 3. The third-order valence-corrected chi connectivity index (χ3v) is 3.64. The fraction of sp³-hybridized carbons (Fsp3) is 0.615. The van der Waals surface area contributed by atoms with E-state index in [1.54, 1.807) is 12.4 Å². The highest BCUT2D eigenvalue weighted by Crippen LogP contribution is 2.21. The summed E-state index contributed by atoms with van der Waals surface area (Å²) in [7, 11) is 2.17. The summed E-state index contributed by atoms with van der Waals surface area (Å²) < 4.78 is 5.87.